The summed E-state index contributed by atoms with van der Waals surface area (Å²) in [5, 5.41) is 2.90. The van der Waals surface area contributed by atoms with Gasteiger partial charge in [0, 0.05) is 19.2 Å². The first-order valence-corrected chi connectivity index (χ1v) is 8.57. The van der Waals surface area contributed by atoms with Crippen LogP contribution < -0.4 is 10.1 Å². The molecule has 1 aromatic heterocycles. The van der Waals surface area contributed by atoms with Crippen LogP contribution >= 0.6 is 0 Å². The molecule has 0 bridgehead atoms. The lowest BCUT2D eigenvalue weighted by Crippen LogP contribution is -2.43. The van der Waals surface area contributed by atoms with Crippen LogP contribution in [0.4, 0.5) is 5.69 Å². The number of likely N-dealkylation sites (tertiary alicyclic amines) is 1. The number of ether oxygens (including phenoxy) is 1. The van der Waals surface area contributed by atoms with Crippen molar-refractivity contribution in [3.05, 3.63) is 61.4 Å². The van der Waals surface area contributed by atoms with Crippen molar-refractivity contribution in [2.75, 3.05) is 11.9 Å². The summed E-state index contributed by atoms with van der Waals surface area (Å²) < 4.78 is 5.81. The summed E-state index contributed by atoms with van der Waals surface area (Å²) >= 11 is 0. The van der Waals surface area contributed by atoms with E-state index in [0.717, 1.165) is 6.42 Å². The molecule has 0 aliphatic carbocycles. The molecule has 1 aliphatic heterocycles. The summed E-state index contributed by atoms with van der Waals surface area (Å²) in [5.41, 5.74) is 0.560. The van der Waals surface area contributed by atoms with Crippen molar-refractivity contribution in [1.82, 2.24) is 9.88 Å². The zero-order valence-corrected chi connectivity index (χ0v) is 14.4. The van der Waals surface area contributed by atoms with Crippen LogP contribution in [0.15, 0.2) is 61.4 Å². The van der Waals surface area contributed by atoms with E-state index in [1.165, 1.54) is 0 Å². The van der Waals surface area contributed by atoms with Gasteiger partial charge in [0.2, 0.25) is 11.8 Å². The predicted molar refractivity (Wildman–Crippen MR) is 98.9 cm³/mol. The van der Waals surface area contributed by atoms with E-state index in [-0.39, 0.29) is 18.2 Å². The van der Waals surface area contributed by atoms with E-state index in [1.807, 2.05) is 12.1 Å². The highest BCUT2D eigenvalue weighted by molar-refractivity contribution is 5.98. The first-order chi connectivity index (χ1) is 12.7. The highest BCUT2D eigenvalue weighted by atomic mass is 16.5. The van der Waals surface area contributed by atoms with E-state index in [9.17, 15) is 9.59 Å². The van der Waals surface area contributed by atoms with Gasteiger partial charge in [-0.1, -0.05) is 18.2 Å². The number of hydrogen-bond acceptors (Lipinski definition) is 4. The fraction of sp³-hybridized carbons (Fsp3) is 0.250. The molecule has 1 N–H and O–H groups in total. The number of hydrogen-bond donors (Lipinski definition) is 1. The molecule has 1 aliphatic rings. The standard InChI is InChI=1S/C20H21N3O3/c1-2-7-19(24)23-13-6-10-17(23)20(25)22-16-9-3-4-11-18(16)26-15-8-5-12-21-14-15/h2-5,8-9,11-12,14,17H,1,6-7,10,13H2,(H,22,25)/t17-/m0/s1. The molecule has 1 atom stereocenters. The van der Waals surface area contributed by atoms with Crippen molar-refractivity contribution in [3.8, 4) is 11.5 Å². The molecule has 1 saturated heterocycles. The SMILES string of the molecule is C=CCC(=O)N1CCC[C@H]1C(=O)Nc1ccccc1Oc1cccnc1. The van der Waals surface area contributed by atoms with Crippen LogP contribution in [0.25, 0.3) is 0 Å². The summed E-state index contributed by atoms with van der Waals surface area (Å²) in [6, 6.07) is 10.3. The van der Waals surface area contributed by atoms with E-state index in [1.54, 1.807) is 47.6 Å². The minimum atomic E-state index is -0.464. The van der Waals surface area contributed by atoms with Gasteiger partial charge < -0.3 is 15.0 Å². The Morgan fingerprint density at radius 1 is 1.31 bits per heavy atom. The zero-order chi connectivity index (χ0) is 18.4. The second-order valence-electron chi connectivity index (χ2n) is 6.01. The van der Waals surface area contributed by atoms with Crippen molar-refractivity contribution in [3.63, 3.8) is 0 Å². The van der Waals surface area contributed by atoms with Crippen LogP contribution in [0.3, 0.4) is 0 Å². The van der Waals surface area contributed by atoms with Crippen molar-refractivity contribution in [2.45, 2.75) is 25.3 Å². The van der Waals surface area contributed by atoms with Gasteiger partial charge in [-0.3, -0.25) is 14.6 Å². The number of amides is 2. The maximum atomic E-state index is 12.7. The molecule has 2 aromatic rings. The average Bonchev–Trinajstić information content (AvgIpc) is 3.14. The molecule has 0 saturated carbocycles. The topological polar surface area (TPSA) is 71.5 Å². The molecular formula is C20H21N3O3. The molecule has 2 amide bonds. The first-order valence-electron chi connectivity index (χ1n) is 8.57. The van der Waals surface area contributed by atoms with Gasteiger partial charge in [-0.05, 0) is 37.1 Å². The van der Waals surface area contributed by atoms with Gasteiger partial charge in [0.1, 0.15) is 11.8 Å². The number of aromatic nitrogens is 1. The van der Waals surface area contributed by atoms with Crippen LogP contribution in [0.5, 0.6) is 11.5 Å². The molecule has 3 rings (SSSR count). The van der Waals surface area contributed by atoms with Gasteiger partial charge >= 0.3 is 0 Å². The van der Waals surface area contributed by atoms with Gasteiger partial charge in [-0.2, -0.15) is 0 Å². The lowest BCUT2D eigenvalue weighted by atomic mass is 10.2. The highest BCUT2D eigenvalue weighted by Gasteiger charge is 2.33. The number of rotatable bonds is 6. The van der Waals surface area contributed by atoms with Gasteiger partial charge in [0.05, 0.1) is 11.9 Å². The van der Waals surface area contributed by atoms with Crippen molar-refractivity contribution in [2.24, 2.45) is 0 Å². The third-order valence-corrected chi connectivity index (χ3v) is 4.20. The van der Waals surface area contributed by atoms with Crippen molar-refractivity contribution in [1.29, 1.82) is 0 Å². The van der Waals surface area contributed by atoms with E-state index in [0.29, 0.717) is 30.2 Å². The number of anilines is 1. The Hall–Kier alpha value is -3.15. The van der Waals surface area contributed by atoms with Crippen LogP contribution in [-0.2, 0) is 9.59 Å². The number of carbonyl (C=O) groups is 2. The number of nitrogens with zero attached hydrogens (tertiary/aromatic N) is 2. The van der Waals surface area contributed by atoms with Crippen molar-refractivity contribution < 1.29 is 14.3 Å². The lowest BCUT2D eigenvalue weighted by molar-refractivity contribution is -0.135. The summed E-state index contributed by atoms with van der Waals surface area (Å²) in [6.07, 6.45) is 6.53. The Morgan fingerprint density at radius 2 is 2.15 bits per heavy atom. The molecule has 6 nitrogen and oxygen atoms in total. The molecule has 0 unspecified atom stereocenters. The largest absolute Gasteiger partial charge is 0.454 e. The predicted octanol–water partition coefficient (Wildman–Crippen LogP) is 3.38. The number of carbonyl (C=O) groups excluding carboxylic acids is 2. The van der Waals surface area contributed by atoms with Crippen LogP contribution in [0.1, 0.15) is 19.3 Å². The monoisotopic (exact) mass is 351 g/mol. The Labute approximate surface area is 152 Å². The van der Waals surface area contributed by atoms with Crippen LogP contribution in [0.2, 0.25) is 0 Å². The molecule has 0 spiro atoms. The summed E-state index contributed by atoms with van der Waals surface area (Å²) in [4.78, 5) is 30.5. The lowest BCUT2D eigenvalue weighted by Gasteiger charge is -2.24. The second-order valence-corrected chi connectivity index (χ2v) is 6.01. The minimum absolute atomic E-state index is 0.0717. The number of nitrogens with one attached hydrogen (secondary N) is 1. The van der Waals surface area contributed by atoms with Gasteiger partial charge in [-0.25, -0.2) is 0 Å². The van der Waals surface area contributed by atoms with E-state index >= 15 is 0 Å². The maximum Gasteiger partial charge on any atom is 0.247 e. The zero-order valence-electron chi connectivity index (χ0n) is 14.4. The maximum absolute atomic E-state index is 12.7. The molecule has 134 valence electrons. The third kappa shape index (κ3) is 4.08. The Morgan fingerprint density at radius 3 is 2.92 bits per heavy atom. The fourth-order valence-corrected chi connectivity index (χ4v) is 2.99. The summed E-state index contributed by atoms with van der Waals surface area (Å²) in [7, 11) is 0. The molecule has 2 heterocycles. The van der Waals surface area contributed by atoms with E-state index in [4.69, 9.17) is 4.74 Å². The molecule has 1 aromatic carbocycles. The Balaban J connectivity index is 1.73. The van der Waals surface area contributed by atoms with Crippen molar-refractivity contribution >= 4 is 17.5 Å². The van der Waals surface area contributed by atoms with Gasteiger partial charge in [0.25, 0.3) is 0 Å². The summed E-state index contributed by atoms with van der Waals surface area (Å²) in [6.45, 7) is 4.19. The molecular weight excluding hydrogens is 330 g/mol. The van der Waals surface area contributed by atoms with Crippen LogP contribution in [0, 0.1) is 0 Å². The molecule has 6 heteroatoms. The number of benzene rings is 1. The second kappa shape index (κ2) is 8.29. The van der Waals surface area contributed by atoms with E-state index in [2.05, 4.69) is 16.9 Å². The molecule has 26 heavy (non-hydrogen) atoms. The average molecular weight is 351 g/mol. The smallest absolute Gasteiger partial charge is 0.247 e. The minimum Gasteiger partial charge on any atom is -0.454 e. The number of para-hydroxylation sites is 2. The quantitative estimate of drug-likeness (QED) is 0.810. The number of pyridine rings is 1. The Bertz CT molecular complexity index is 792. The fourth-order valence-electron chi connectivity index (χ4n) is 2.99. The van der Waals surface area contributed by atoms with Gasteiger partial charge in [-0.15, -0.1) is 6.58 Å². The first kappa shape index (κ1) is 17.7. The molecule has 1 fully saturated rings. The molecule has 0 radical (unpaired) electrons. The van der Waals surface area contributed by atoms with Gasteiger partial charge in [0.15, 0.2) is 5.75 Å². The third-order valence-electron chi connectivity index (χ3n) is 4.20. The summed E-state index contributed by atoms with van der Waals surface area (Å²) in [5.74, 6) is 0.827. The normalized spacial score (nSPS) is 16.2. The van der Waals surface area contributed by atoms with E-state index < -0.39 is 6.04 Å². The van der Waals surface area contributed by atoms with Crippen LogP contribution in [-0.4, -0.2) is 34.3 Å². The highest BCUT2D eigenvalue weighted by Crippen LogP contribution is 2.30. The Kier molecular flexibility index (Phi) is 5.63.